The quantitative estimate of drug-likeness (QED) is 0.625. The number of carbonyl (C=O) groups is 1. The first kappa shape index (κ1) is 12.6. The molecule has 2 unspecified atom stereocenters. The van der Waals surface area contributed by atoms with Crippen LogP contribution in [0, 0.1) is 10.1 Å². The minimum absolute atomic E-state index is 0.0149. The highest BCUT2D eigenvalue weighted by atomic mass is 16.6. The molecule has 0 radical (unpaired) electrons. The predicted octanol–water partition coefficient (Wildman–Crippen LogP) is 1.12. The lowest BCUT2D eigenvalue weighted by Crippen LogP contribution is -2.38. The van der Waals surface area contributed by atoms with Gasteiger partial charge in [0, 0.05) is 12.6 Å². The van der Waals surface area contributed by atoms with Crippen LogP contribution in [0.25, 0.3) is 0 Å². The molecule has 0 aliphatic carbocycles. The van der Waals surface area contributed by atoms with E-state index in [1.807, 2.05) is 0 Å². The number of hydrogen-bond donors (Lipinski definition) is 1. The van der Waals surface area contributed by atoms with Crippen LogP contribution in [0.2, 0.25) is 0 Å². The zero-order chi connectivity index (χ0) is 13.3. The van der Waals surface area contributed by atoms with Gasteiger partial charge in [0.2, 0.25) is 0 Å². The van der Waals surface area contributed by atoms with Crippen molar-refractivity contribution >= 4 is 11.5 Å². The molecule has 2 rings (SSSR count). The van der Waals surface area contributed by atoms with Crippen molar-refractivity contribution in [1.82, 2.24) is 4.98 Å². The molecule has 1 saturated heterocycles. The number of rotatable bonds is 2. The molecule has 2 heterocycles. The third kappa shape index (κ3) is 2.52. The van der Waals surface area contributed by atoms with E-state index in [2.05, 4.69) is 4.98 Å². The largest absolute Gasteiger partial charge is 0.365 e. The third-order valence-electron chi connectivity index (χ3n) is 2.71. The van der Waals surface area contributed by atoms with Crippen LogP contribution in [0.1, 0.15) is 31.4 Å². The standard InChI is InChI=1S/C11H12N2O5/c1-11(15)5-7(14)4-10(18-11)8-2-3-12-6-9(8)13(16)17/h2-3,6,10,15H,4-5H2,1H3. The Morgan fingerprint density at radius 2 is 2.39 bits per heavy atom. The Kier molecular flexibility index (Phi) is 3.10. The normalized spacial score (nSPS) is 28.1. The fourth-order valence-corrected chi connectivity index (χ4v) is 2.03. The summed E-state index contributed by atoms with van der Waals surface area (Å²) in [6, 6.07) is 1.43. The maximum atomic E-state index is 11.5. The Morgan fingerprint density at radius 1 is 1.67 bits per heavy atom. The van der Waals surface area contributed by atoms with Gasteiger partial charge in [-0.1, -0.05) is 0 Å². The second-order valence-electron chi connectivity index (χ2n) is 4.39. The fraction of sp³-hybridized carbons (Fsp3) is 0.455. The van der Waals surface area contributed by atoms with E-state index < -0.39 is 16.8 Å². The number of nitro groups is 1. The Morgan fingerprint density at radius 3 is 3.00 bits per heavy atom. The molecule has 1 aromatic rings. The van der Waals surface area contributed by atoms with E-state index in [9.17, 15) is 20.0 Å². The molecular formula is C11H12N2O5. The van der Waals surface area contributed by atoms with Crippen molar-refractivity contribution < 1.29 is 19.6 Å². The number of aliphatic hydroxyl groups is 1. The molecule has 2 atom stereocenters. The summed E-state index contributed by atoms with van der Waals surface area (Å²) in [5.41, 5.74) is 0.0383. The Hall–Kier alpha value is -1.86. The van der Waals surface area contributed by atoms with Gasteiger partial charge in [0.1, 0.15) is 12.0 Å². The number of ketones is 1. The molecule has 7 nitrogen and oxygen atoms in total. The second kappa shape index (κ2) is 4.43. The average Bonchev–Trinajstić information content (AvgIpc) is 2.26. The maximum Gasteiger partial charge on any atom is 0.293 e. The van der Waals surface area contributed by atoms with Crippen LogP contribution in [-0.2, 0) is 9.53 Å². The lowest BCUT2D eigenvalue weighted by molar-refractivity contribution is -0.387. The molecule has 0 amide bonds. The number of Topliss-reactive ketones (excluding diaryl/α,β-unsaturated/α-hetero) is 1. The van der Waals surface area contributed by atoms with E-state index in [1.165, 1.54) is 19.2 Å². The van der Waals surface area contributed by atoms with Gasteiger partial charge in [0.05, 0.1) is 23.0 Å². The summed E-state index contributed by atoms with van der Waals surface area (Å²) in [6.07, 6.45) is 1.58. The molecular weight excluding hydrogens is 240 g/mol. The summed E-state index contributed by atoms with van der Waals surface area (Å²) >= 11 is 0. The summed E-state index contributed by atoms with van der Waals surface area (Å²) < 4.78 is 5.32. The highest BCUT2D eigenvalue weighted by molar-refractivity contribution is 5.80. The number of nitrogens with zero attached hydrogens (tertiary/aromatic N) is 2. The molecule has 1 aromatic heterocycles. The minimum atomic E-state index is -1.59. The van der Waals surface area contributed by atoms with Gasteiger partial charge in [-0.15, -0.1) is 0 Å². The van der Waals surface area contributed by atoms with E-state index in [1.54, 1.807) is 0 Å². The summed E-state index contributed by atoms with van der Waals surface area (Å²) in [7, 11) is 0. The van der Waals surface area contributed by atoms with Gasteiger partial charge in [-0.2, -0.15) is 0 Å². The molecule has 96 valence electrons. The van der Waals surface area contributed by atoms with Gasteiger partial charge in [-0.3, -0.25) is 19.9 Å². The molecule has 1 N–H and O–H groups in total. The van der Waals surface area contributed by atoms with E-state index in [0.717, 1.165) is 6.20 Å². The Balaban J connectivity index is 2.37. The molecule has 0 spiro atoms. The first-order chi connectivity index (χ1) is 8.39. The molecule has 0 bridgehead atoms. The SMILES string of the molecule is CC1(O)CC(=O)CC(c2ccncc2[N+](=O)[O-])O1. The predicted molar refractivity (Wildman–Crippen MR) is 59.6 cm³/mol. The number of hydrogen-bond acceptors (Lipinski definition) is 6. The van der Waals surface area contributed by atoms with Crippen LogP contribution in [0.3, 0.4) is 0 Å². The average molecular weight is 252 g/mol. The number of aromatic nitrogens is 1. The van der Waals surface area contributed by atoms with Crippen molar-refractivity contribution in [1.29, 1.82) is 0 Å². The monoisotopic (exact) mass is 252 g/mol. The summed E-state index contributed by atoms with van der Waals surface area (Å²) in [6.45, 7) is 1.37. The van der Waals surface area contributed by atoms with Crippen molar-refractivity contribution in [2.24, 2.45) is 0 Å². The van der Waals surface area contributed by atoms with Gasteiger partial charge in [0.15, 0.2) is 5.79 Å². The molecule has 1 aliphatic heterocycles. The van der Waals surface area contributed by atoms with Gasteiger partial charge in [0.25, 0.3) is 5.69 Å². The van der Waals surface area contributed by atoms with Crippen LogP contribution in [0.4, 0.5) is 5.69 Å². The van der Waals surface area contributed by atoms with Gasteiger partial charge in [-0.05, 0) is 13.0 Å². The zero-order valence-electron chi connectivity index (χ0n) is 9.70. The first-order valence-corrected chi connectivity index (χ1v) is 5.39. The van der Waals surface area contributed by atoms with Crippen LogP contribution in [0.15, 0.2) is 18.5 Å². The minimum Gasteiger partial charge on any atom is -0.365 e. The number of pyridine rings is 1. The fourth-order valence-electron chi connectivity index (χ4n) is 2.03. The van der Waals surface area contributed by atoms with Crippen LogP contribution in [0.5, 0.6) is 0 Å². The highest BCUT2D eigenvalue weighted by Crippen LogP contribution is 2.37. The van der Waals surface area contributed by atoms with E-state index >= 15 is 0 Å². The Labute approximate surface area is 103 Å². The Bertz CT molecular complexity index is 500. The second-order valence-corrected chi connectivity index (χ2v) is 4.39. The molecule has 0 aromatic carbocycles. The van der Waals surface area contributed by atoms with Crippen molar-refractivity contribution in [3.63, 3.8) is 0 Å². The van der Waals surface area contributed by atoms with Crippen LogP contribution < -0.4 is 0 Å². The number of ether oxygens (including phenoxy) is 1. The van der Waals surface area contributed by atoms with E-state index in [0.29, 0.717) is 0 Å². The van der Waals surface area contributed by atoms with Crippen molar-refractivity contribution in [2.75, 3.05) is 0 Å². The molecule has 1 aliphatic rings. The summed E-state index contributed by atoms with van der Waals surface area (Å²) in [5.74, 6) is -1.78. The number of carbonyl (C=O) groups excluding carboxylic acids is 1. The van der Waals surface area contributed by atoms with E-state index in [-0.39, 0.29) is 29.9 Å². The summed E-state index contributed by atoms with van der Waals surface area (Å²) in [4.78, 5) is 25.5. The van der Waals surface area contributed by atoms with Crippen molar-refractivity contribution in [2.45, 2.75) is 31.7 Å². The van der Waals surface area contributed by atoms with Crippen molar-refractivity contribution in [3.05, 3.63) is 34.1 Å². The smallest absolute Gasteiger partial charge is 0.293 e. The maximum absolute atomic E-state index is 11.5. The van der Waals surface area contributed by atoms with Gasteiger partial charge in [-0.25, -0.2) is 0 Å². The van der Waals surface area contributed by atoms with E-state index in [4.69, 9.17) is 4.74 Å². The van der Waals surface area contributed by atoms with Gasteiger partial charge < -0.3 is 9.84 Å². The zero-order valence-corrected chi connectivity index (χ0v) is 9.70. The van der Waals surface area contributed by atoms with Crippen molar-refractivity contribution in [3.8, 4) is 0 Å². The molecule has 7 heteroatoms. The van der Waals surface area contributed by atoms with Gasteiger partial charge >= 0.3 is 0 Å². The first-order valence-electron chi connectivity index (χ1n) is 5.39. The highest BCUT2D eigenvalue weighted by Gasteiger charge is 2.38. The third-order valence-corrected chi connectivity index (χ3v) is 2.71. The molecule has 0 saturated carbocycles. The molecule has 1 fully saturated rings. The van der Waals surface area contributed by atoms with Crippen LogP contribution >= 0.6 is 0 Å². The lowest BCUT2D eigenvalue weighted by Gasteiger charge is -2.33. The summed E-state index contributed by atoms with van der Waals surface area (Å²) in [5, 5.41) is 20.6. The topological polar surface area (TPSA) is 103 Å². The molecule has 18 heavy (non-hydrogen) atoms. The van der Waals surface area contributed by atoms with Crippen LogP contribution in [-0.4, -0.2) is 26.6 Å². The lowest BCUT2D eigenvalue weighted by atomic mass is 9.96.